The Bertz CT molecular complexity index is 1010. The summed E-state index contributed by atoms with van der Waals surface area (Å²) in [5.41, 5.74) is 8.16. The molecule has 0 aliphatic rings. The molecule has 3 aromatic carbocycles. The summed E-state index contributed by atoms with van der Waals surface area (Å²) in [4.78, 5) is 35.3. The highest BCUT2D eigenvalue weighted by molar-refractivity contribution is 9.10. The number of esters is 1. The molecule has 0 saturated heterocycles. The maximum Gasteiger partial charge on any atom is 0.338 e. The molecule has 0 heterocycles. The van der Waals surface area contributed by atoms with Gasteiger partial charge in [0.05, 0.1) is 5.56 Å². The van der Waals surface area contributed by atoms with E-state index >= 15 is 0 Å². The van der Waals surface area contributed by atoms with E-state index in [1.165, 1.54) is 24.3 Å². The highest BCUT2D eigenvalue weighted by Crippen LogP contribution is 2.22. The molecule has 0 aliphatic carbocycles. The molecule has 6 heteroatoms. The number of carbonyl (C=O) groups is 3. The number of hydrogen-bond donors (Lipinski definition) is 1. The fraction of sp³-hybridized carbons (Fsp3) is 0.0455. The highest BCUT2D eigenvalue weighted by atomic mass is 79.9. The van der Waals surface area contributed by atoms with Crippen molar-refractivity contribution >= 4 is 33.6 Å². The number of hydrogen-bond acceptors (Lipinski definition) is 4. The summed E-state index contributed by atoms with van der Waals surface area (Å²) in [6.45, 7) is -0.367. The molecule has 28 heavy (non-hydrogen) atoms. The second kappa shape index (κ2) is 8.63. The van der Waals surface area contributed by atoms with Crippen molar-refractivity contribution in [3.8, 4) is 11.1 Å². The number of primary amides is 1. The highest BCUT2D eigenvalue weighted by Gasteiger charge is 2.13. The Balaban J connectivity index is 1.60. The second-order valence-corrected chi connectivity index (χ2v) is 6.94. The van der Waals surface area contributed by atoms with Gasteiger partial charge in [-0.15, -0.1) is 0 Å². The Morgan fingerprint density at radius 2 is 1.18 bits per heavy atom. The van der Waals surface area contributed by atoms with Crippen LogP contribution >= 0.6 is 15.9 Å². The normalized spacial score (nSPS) is 10.3. The number of amides is 1. The average molecular weight is 438 g/mol. The number of ether oxygens (including phenoxy) is 1. The van der Waals surface area contributed by atoms with E-state index in [0.717, 1.165) is 15.6 Å². The summed E-state index contributed by atoms with van der Waals surface area (Å²) >= 11 is 3.40. The van der Waals surface area contributed by atoms with E-state index < -0.39 is 11.9 Å². The van der Waals surface area contributed by atoms with Gasteiger partial charge in [0.25, 0.3) is 0 Å². The number of ketones is 1. The van der Waals surface area contributed by atoms with Gasteiger partial charge in [-0.05, 0) is 47.5 Å². The molecule has 0 spiro atoms. The van der Waals surface area contributed by atoms with Crippen LogP contribution in [0, 0.1) is 0 Å². The van der Waals surface area contributed by atoms with E-state index in [1.54, 1.807) is 12.1 Å². The number of carbonyl (C=O) groups excluding carboxylic acids is 3. The summed E-state index contributed by atoms with van der Waals surface area (Å²) in [6, 6.07) is 20.7. The smallest absolute Gasteiger partial charge is 0.338 e. The maximum absolute atomic E-state index is 12.3. The summed E-state index contributed by atoms with van der Waals surface area (Å²) in [6.07, 6.45) is 0. The molecule has 3 aromatic rings. The molecule has 140 valence electrons. The zero-order valence-corrected chi connectivity index (χ0v) is 16.3. The van der Waals surface area contributed by atoms with Gasteiger partial charge in [0.1, 0.15) is 0 Å². The first-order valence-corrected chi connectivity index (χ1v) is 9.19. The van der Waals surface area contributed by atoms with Gasteiger partial charge in [0.2, 0.25) is 5.91 Å². The molecule has 0 atom stereocenters. The maximum atomic E-state index is 12.3. The third-order valence-electron chi connectivity index (χ3n) is 4.12. The van der Waals surface area contributed by atoms with Crippen LogP contribution < -0.4 is 5.73 Å². The van der Waals surface area contributed by atoms with Crippen LogP contribution in [0.3, 0.4) is 0 Å². The summed E-state index contributed by atoms with van der Waals surface area (Å²) in [5.74, 6) is -1.53. The minimum Gasteiger partial charge on any atom is -0.454 e. The number of rotatable bonds is 6. The Labute approximate surface area is 170 Å². The van der Waals surface area contributed by atoms with Crippen molar-refractivity contribution in [1.82, 2.24) is 0 Å². The van der Waals surface area contributed by atoms with E-state index in [2.05, 4.69) is 15.9 Å². The van der Waals surface area contributed by atoms with Crippen molar-refractivity contribution in [2.24, 2.45) is 5.73 Å². The Hall–Kier alpha value is -3.25. The van der Waals surface area contributed by atoms with Crippen LogP contribution in [0.25, 0.3) is 11.1 Å². The second-order valence-electron chi connectivity index (χ2n) is 6.03. The molecule has 0 saturated carbocycles. The van der Waals surface area contributed by atoms with Crippen molar-refractivity contribution < 1.29 is 19.1 Å². The van der Waals surface area contributed by atoms with Crippen LogP contribution in [0.2, 0.25) is 0 Å². The number of benzene rings is 3. The molecule has 0 fully saturated rings. The van der Waals surface area contributed by atoms with Crippen LogP contribution in [0.4, 0.5) is 0 Å². The number of Topliss-reactive ketones (excluding diaryl/α,β-unsaturated/α-hetero) is 1. The van der Waals surface area contributed by atoms with E-state index in [0.29, 0.717) is 11.1 Å². The summed E-state index contributed by atoms with van der Waals surface area (Å²) in [7, 11) is 0. The fourth-order valence-electron chi connectivity index (χ4n) is 2.56. The van der Waals surface area contributed by atoms with Crippen LogP contribution in [0.5, 0.6) is 0 Å². The lowest BCUT2D eigenvalue weighted by molar-refractivity contribution is 0.0474. The summed E-state index contributed by atoms with van der Waals surface area (Å²) < 4.78 is 6.06. The molecule has 1 amide bonds. The molecular weight excluding hydrogens is 422 g/mol. The van der Waals surface area contributed by atoms with E-state index in [1.807, 2.05) is 36.4 Å². The molecule has 0 unspecified atom stereocenters. The van der Waals surface area contributed by atoms with Gasteiger partial charge >= 0.3 is 5.97 Å². The van der Waals surface area contributed by atoms with Crippen molar-refractivity contribution in [3.05, 3.63) is 94.0 Å². The summed E-state index contributed by atoms with van der Waals surface area (Å²) in [5, 5.41) is 0. The minimum absolute atomic E-state index is 0.239. The SMILES string of the molecule is NC(=O)c1ccc(C(=O)OCC(=O)c2ccc(-c3ccc(Br)cc3)cc2)cc1. The number of halogens is 1. The zero-order chi connectivity index (χ0) is 20.1. The van der Waals surface area contributed by atoms with Gasteiger partial charge in [-0.1, -0.05) is 52.3 Å². The molecule has 0 radical (unpaired) electrons. The first kappa shape index (κ1) is 19.5. The third kappa shape index (κ3) is 4.72. The average Bonchev–Trinajstić information content (AvgIpc) is 2.72. The fourth-order valence-corrected chi connectivity index (χ4v) is 2.82. The Morgan fingerprint density at radius 3 is 1.71 bits per heavy atom. The molecule has 2 N–H and O–H groups in total. The van der Waals surface area contributed by atoms with Crippen molar-refractivity contribution in [2.45, 2.75) is 0 Å². The van der Waals surface area contributed by atoms with Crippen LogP contribution in [-0.4, -0.2) is 24.3 Å². The predicted octanol–water partition coefficient (Wildman–Crippen LogP) is 4.25. The standard InChI is InChI=1S/C22H16BrNO4/c23-19-11-9-15(10-12-19)14-1-3-16(4-2-14)20(25)13-28-22(27)18-7-5-17(6-8-18)21(24)26/h1-12H,13H2,(H2,24,26). The van der Waals surface area contributed by atoms with E-state index in [9.17, 15) is 14.4 Å². The topological polar surface area (TPSA) is 86.5 Å². The van der Waals surface area contributed by atoms with Gasteiger partial charge in [0, 0.05) is 15.6 Å². The predicted molar refractivity (Wildman–Crippen MR) is 109 cm³/mol. The molecule has 5 nitrogen and oxygen atoms in total. The van der Waals surface area contributed by atoms with Gasteiger partial charge in [-0.3, -0.25) is 9.59 Å². The Kier molecular flexibility index (Phi) is 6.01. The van der Waals surface area contributed by atoms with Crippen LogP contribution in [0.15, 0.2) is 77.3 Å². The van der Waals surface area contributed by atoms with E-state index in [-0.39, 0.29) is 18.0 Å². The minimum atomic E-state index is -0.643. The molecule has 0 aliphatic heterocycles. The molecular formula is C22H16BrNO4. The zero-order valence-electron chi connectivity index (χ0n) is 14.7. The first-order chi connectivity index (χ1) is 13.4. The monoisotopic (exact) mass is 437 g/mol. The molecule has 0 aromatic heterocycles. The first-order valence-electron chi connectivity index (χ1n) is 8.40. The lowest BCUT2D eigenvalue weighted by Gasteiger charge is -2.06. The quantitative estimate of drug-likeness (QED) is 0.461. The van der Waals surface area contributed by atoms with Gasteiger partial charge in [0.15, 0.2) is 12.4 Å². The molecule has 3 rings (SSSR count). The lowest BCUT2D eigenvalue weighted by atomic mass is 10.0. The van der Waals surface area contributed by atoms with Crippen molar-refractivity contribution in [2.75, 3.05) is 6.61 Å². The van der Waals surface area contributed by atoms with Gasteiger partial charge in [-0.25, -0.2) is 4.79 Å². The van der Waals surface area contributed by atoms with Crippen molar-refractivity contribution in [1.29, 1.82) is 0 Å². The third-order valence-corrected chi connectivity index (χ3v) is 4.65. The van der Waals surface area contributed by atoms with E-state index in [4.69, 9.17) is 10.5 Å². The molecule has 0 bridgehead atoms. The van der Waals surface area contributed by atoms with Gasteiger partial charge < -0.3 is 10.5 Å². The van der Waals surface area contributed by atoms with Gasteiger partial charge in [-0.2, -0.15) is 0 Å². The van der Waals surface area contributed by atoms with Crippen LogP contribution in [0.1, 0.15) is 31.1 Å². The van der Waals surface area contributed by atoms with Crippen LogP contribution in [-0.2, 0) is 4.74 Å². The largest absolute Gasteiger partial charge is 0.454 e. The van der Waals surface area contributed by atoms with Crippen molar-refractivity contribution in [3.63, 3.8) is 0 Å². The Morgan fingerprint density at radius 1 is 0.714 bits per heavy atom. The lowest BCUT2D eigenvalue weighted by Crippen LogP contribution is -2.15. The number of nitrogens with two attached hydrogens (primary N) is 1.